The van der Waals surface area contributed by atoms with E-state index in [-0.39, 0.29) is 22.6 Å². The first-order valence-corrected chi connectivity index (χ1v) is 11.0. The Balaban J connectivity index is 1.39. The van der Waals surface area contributed by atoms with Crippen molar-refractivity contribution >= 4 is 55.9 Å². The molecule has 1 aromatic heterocycles. The number of carbonyl (C=O) groups excluding carboxylic acids is 2. The van der Waals surface area contributed by atoms with Crippen LogP contribution in [0.25, 0.3) is 11.0 Å². The van der Waals surface area contributed by atoms with Crippen LogP contribution in [-0.2, 0) is 16.1 Å². The maximum absolute atomic E-state index is 12.4. The molecule has 1 amide bonds. The molecule has 0 atom stereocenters. The van der Waals surface area contributed by atoms with Crippen LogP contribution in [0.15, 0.2) is 69.9 Å². The average molecular weight is 540 g/mol. The smallest absolute Gasteiger partial charge is 0.338 e. The zero-order valence-electron chi connectivity index (χ0n) is 18.0. The van der Waals surface area contributed by atoms with E-state index in [0.29, 0.717) is 27.7 Å². The first-order chi connectivity index (χ1) is 16.8. The number of anilines is 2. The van der Waals surface area contributed by atoms with E-state index in [2.05, 4.69) is 36.5 Å². The Hall–Kier alpha value is -4.45. The van der Waals surface area contributed by atoms with Gasteiger partial charge in [0, 0.05) is 17.1 Å². The van der Waals surface area contributed by atoms with Crippen LogP contribution in [0.2, 0.25) is 0 Å². The SMILES string of the molecule is O=C(COC(=O)c1ccc(NCc2ccccc2)c([N+](=O)[O-])c1)Nc1cc2[nH]c(=O)[nH]c2cc1Br. The van der Waals surface area contributed by atoms with Gasteiger partial charge in [0.2, 0.25) is 0 Å². The van der Waals surface area contributed by atoms with E-state index in [1.165, 1.54) is 12.1 Å². The van der Waals surface area contributed by atoms with Gasteiger partial charge in [0.15, 0.2) is 6.61 Å². The number of nitro groups is 1. The van der Waals surface area contributed by atoms with Gasteiger partial charge in [-0.3, -0.25) is 14.9 Å². The van der Waals surface area contributed by atoms with Crippen LogP contribution in [-0.4, -0.2) is 33.4 Å². The van der Waals surface area contributed by atoms with Crippen LogP contribution < -0.4 is 16.3 Å². The third-order valence-corrected chi connectivity index (χ3v) is 5.62. The maximum Gasteiger partial charge on any atom is 0.338 e. The van der Waals surface area contributed by atoms with Gasteiger partial charge >= 0.3 is 11.7 Å². The van der Waals surface area contributed by atoms with Crippen LogP contribution in [0.1, 0.15) is 15.9 Å². The number of hydrogen-bond donors (Lipinski definition) is 4. The van der Waals surface area contributed by atoms with Crippen molar-refractivity contribution in [1.29, 1.82) is 0 Å². The van der Waals surface area contributed by atoms with Gasteiger partial charge in [-0.15, -0.1) is 0 Å². The number of rotatable bonds is 8. The summed E-state index contributed by atoms with van der Waals surface area (Å²) in [4.78, 5) is 52.2. The molecule has 4 rings (SSSR count). The highest BCUT2D eigenvalue weighted by molar-refractivity contribution is 9.10. The average Bonchev–Trinajstić information content (AvgIpc) is 3.20. The zero-order chi connectivity index (χ0) is 24.9. The molecule has 0 saturated carbocycles. The number of aromatic amines is 2. The second-order valence-electron chi connectivity index (χ2n) is 7.41. The van der Waals surface area contributed by atoms with Gasteiger partial charge in [-0.25, -0.2) is 9.59 Å². The Morgan fingerprint density at radius 1 is 1.00 bits per heavy atom. The quantitative estimate of drug-likeness (QED) is 0.150. The Labute approximate surface area is 205 Å². The molecule has 4 aromatic rings. The molecule has 0 aliphatic carbocycles. The number of nitro benzene ring substituents is 1. The number of nitrogens with zero attached hydrogens (tertiary/aromatic N) is 1. The van der Waals surface area contributed by atoms with E-state index in [4.69, 9.17) is 4.74 Å². The van der Waals surface area contributed by atoms with Crippen molar-refractivity contribution in [2.75, 3.05) is 17.2 Å². The van der Waals surface area contributed by atoms with E-state index >= 15 is 0 Å². The summed E-state index contributed by atoms with van der Waals surface area (Å²) in [5.41, 5.74) is 1.83. The second kappa shape index (κ2) is 10.2. The second-order valence-corrected chi connectivity index (χ2v) is 8.26. The molecule has 0 unspecified atom stereocenters. The molecule has 0 radical (unpaired) electrons. The van der Waals surface area contributed by atoms with Gasteiger partial charge < -0.3 is 25.3 Å². The van der Waals surface area contributed by atoms with Crippen molar-refractivity contribution in [3.05, 3.63) is 96.9 Å². The molecule has 11 nitrogen and oxygen atoms in total. The highest BCUT2D eigenvalue weighted by Crippen LogP contribution is 2.27. The Morgan fingerprint density at radius 3 is 2.43 bits per heavy atom. The lowest BCUT2D eigenvalue weighted by molar-refractivity contribution is -0.384. The summed E-state index contributed by atoms with van der Waals surface area (Å²) in [5.74, 6) is -1.52. The van der Waals surface area contributed by atoms with Gasteiger partial charge in [-0.2, -0.15) is 0 Å². The zero-order valence-corrected chi connectivity index (χ0v) is 19.5. The highest BCUT2D eigenvalue weighted by Gasteiger charge is 2.19. The molecular weight excluding hydrogens is 522 g/mol. The van der Waals surface area contributed by atoms with E-state index < -0.39 is 23.4 Å². The fourth-order valence-electron chi connectivity index (χ4n) is 3.30. The van der Waals surface area contributed by atoms with Crippen molar-refractivity contribution in [2.45, 2.75) is 6.54 Å². The number of benzene rings is 3. The normalized spacial score (nSPS) is 10.7. The number of carbonyl (C=O) groups is 2. The number of amides is 1. The third-order valence-electron chi connectivity index (χ3n) is 4.97. The van der Waals surface area contributed by atoms with Crippen LogP contribution in [0.5, 0.6) is 0 Å². The van der Waals surface area contributed by atoms with Gasteiger partial charge in [-0.1, -0.05) is 30.3 Å². The number of hydrogen-bond acceptors (Lipinski definition) is 7. The summed E-state index contributed by atoms with van der Waals surface area (Å²) < 4.78 is 5.53. The molecule has 4 N–H and O–H groups in total. The molecule has 0 aliphatic heterocycles. The Kier molecular flexibility index (Phi) is 6.92. The Morgan fingerprint density at radius 2 is 1.71 bits per heavy atom. The summed E-state index contributed by atoms with van der Waals surface area (Å²) >= 11 is 3.30. The summed E-state index contributed by atoms with van der Waals surface area (Å²) in [6, 6.07) is 16.4. The molecule has 0 spiro atoms. The largest absolute Gasteiger partial charge is 0.452 e. The number of imidazole rings is 1. The minimum atomic E-state index is -0.887. The monoisotopic (exact) mass is 539 g/mol. The lowest BCUT2D eigenvalue weighted by Gasteiger charge is -2.10. The molecule has 1 heterocycles. The topological polar surface area (TPSA) is 159 Å². The lowest BCUT2D eigenvalue weighted by atomic mass is 10.1. The van der Waals surface area contributed by atoms with E-state index in [9.17, 15) is 24.5 Å². The molecule has 12 heteroatoms. The van der Waals surface area contributed by atoms with Gasteiger partial charge in [0.25, 0.3) is 11.6 Å². The number of fused-ring (bicyclic) bond motifs is 1. The minimum Gasteiger partial charge on any atom is -0.452 e. The van der Waals surface area contributed by atoms with Gasteiger partial charge in [0.05, 0.1) is 27.2 Å². The van der Waals surface area contributed by atoms with Crippen molar-refractivity contribution in [3.63, 3.8) is 0 Å². The number of esters is 1. The molecule has 0 fully saturated rings. The van der Waals surface area contributed by atoms with Gasteiger partial charge in [-0.05, 0) is 45.8 Å². The molecule has 0 saturated heterocycles. The van der Waals surface area contributed by atoms with Crippen LogP contribution in [0.4, 0.5) is 17.1 Å². The van der Waals surface area contributed by atoms with Crippen molar-refractivity contribution in [1.82, 2.24) is 9.97 Å². The minimum absolute atomic E-state index is 0.0674. The highest BCUT2D eigenvalue weighted by atomic mass is 79.9. The first-order valence-electron chi connectivity index (χ1n) is 10.2. The van der Waals surface area contributed by atoms with Crippen molar-refractivity contribution in [3.8, 4) is 0 Å². The number of H-pyrrole nitrogens is 2. The summed E-state index contributed by atoms with van der Waals surface area (Å²) in [5, 5.41) is 17.1. The number of ether oxygens (including phenoxy) is 1. The fraction of sp³-hybridized carbons (Fsp3) is 0.0870. The number of halogens is 1. The first kappa shape index (κ1) is 23.7. The van der Waals surface area contributed by atoms with Crippen LogP contribution in [0, 0.1) is 10.1 Å². The van der Waals surface area contributed by atoms with Crippen LogP contribution in [0.3, 0.4) is 0 Å². The van der Waals surface area contributed by atoms with Crippen molar-refractivity contribution in [2.24, 2.45) is 0 Å². The summed E-state index contributed by atoms with van der Waals surface area (Å²) in [6.07, 6.45) is 0. The van der Waals surface area contributed by atoms with E-state index in [0.717, 1.165) is 11.6 Å². The summed E-state index contributed by atoms with van der Waals surface area (Å²) in [6.45, 7) is -0.252. The molecule has 0 aliphatic rings. The van der Waals surface area contributed by atoms with Crippen LogP contribution >= 0.6 is 15.9 Å². The maximum atomic E-state index is 12.4. The van der Waals surface area contributed by atoms with E-state index in [1.807, 2.05) is 30.3 Å². The fourth-order valence-corrected chi connectivity index (χ4v) is 3.75. The molecule has 35 heavy (non-hydrogen) atoms. The number of aromatic nitrogens is 2. The standard InChI is InChI=1S/C23H18BrN5O6/c24-15-9-18-19(28-23(32)27-18)10-17(15)26-21(30)12-35-22(31)14-6-7-16(20(8-14)29(33)34)25-11-13-4-2-1-3-5-13/h1-10,25H,11-12H2,(H,26,30)(H2,27,28,32). The molecule has 0 bridgehead atoms. The molecule has 178 valence electrons. The third kappa shape index (κ3) is 5.73. The Bertz CT molecular complexity index is 1480. The summed E-state index contributed by atoms with van der Waals surface area (Å²) in [7, 11) is 0. The predicted molar refractivity (Wildman–Crippen MR) is 132 cm³/mol. The molecular formula is C23H18BrN5O6. The van der Waals surface area contributed by atoms with Gasteiger partial charge in [0.1, 0.15) is 5.69 Å². The predicted octanol–water partition coefficient (Wildman–Crippen LogP) is 3.93. The van der Waals surface area contributed by atoms with Crippen molar-refractivity contribution < 1.29 is 19.2 Å². The molecule has 3 aromatic carbocycles. The number of nitrogens with one attached hydrogen (secondary N) is 4. The lowest BCUT2D eigenvalue weighted by Crippen LogP contribution is -2.21. The van der Waals surface area contributed by atoms with E-state index in [1.54, 1.807) is 12.1 Å².